The van der Waals surface area contributed by atoms with Crippen molar-refractivity contribution >= 4 is 38.9 Å². The van der Waals surface area contributed by atoms with E-state index in [9.17, 15) is 4.79 Å². The molecule has 5 heteroatoms. The lowest BCUT2D eigenvalue weighted by Crippen LogP contribution is -2.33. The van der Waals surface area contributed by atoms with Crippen LogP contribution < -0.4 is 16.2 Å². The van der Waals surface area contributed by atoms with Gasteiger partial charge in [0.2, 0.25) is 0 Å². The Bertz CT molecular complexity index is 1580. The molecule has 2 aliphatic rings. The van der Waals surface area contributed by atoms with Gasteiger partial charge in [0.25, 0.3) is 0 Å². The molecule has 0 bridgehead atoms. The molecule has 2 heterocycles. The number of benzene rings is 5. The van der Waals surface area contributed by atoms with Crippen LogP contribution in [0.2, 0.25) is 0 Å². The molecule has 0 unspecified atom stereocenters. The fraction of sp³-hybridized carbons (Fsp3) is 0.0357. The fourth-order valence-electron chi connectivity index (χ4n) is 5.28. The van der Waals surface area contributed by atoms with Gasteiger partial charge in [0.15, 0.2) is 5.60 Å². The molecule has 5 aromatic rings. The average molecular weight is 430 g/mol. The lowest BCUT2D eigenvalue weighted by atomic mass is 9.76. The minimum absolute atomic E-state index is 0.348. The third-order valence-corrected chi connectivity index (χ3v) is 6.72. The van der Waals surface area contributed by atoms with Gasteiger partial charge < -0.3 is 20.9 Å². The number of hydrogen-bond donors (Lipinski definition) is 2. The van der Waals surface area contributed by atoms with E-state index in [1.165, 1.54) is 0 Å². The van der Waals surface area contributed by atoms with E-state index in [1.807, 2.05) is 84.9 Å². The Labute approximate surface area is 189 Å². The Hall–Kier alpha value is -4.51. The summed E-state index contributed by atoms with van der Waals surface area (Å²) in [6, 6.07) is 26.9. The van der Waals surface area contributed by atoms with Crippen molar-refractivity contribution in [3.63, 3.8) is 0 Å². The first-order chi connectivity index (χ1) is 16.1. The molecule has 5 nitrogen and oxygen atoms in total. The van der Waals surface area contributed by atoms with Crippen molar-refractivity contribution in [2.24, 2.45) is 0 Å². The topological polar surface area (TPSA) is 87.6 Å². The van der Waals surface area contributed by atoms with Crippen LogP contribution in [0.25, 0.3) is 21.5 Å². The van der Waals surface area contributed by atoms with Gasteiger partial charge in [0.05, 0.1) is 5.56 Å². The summed E-state index contributed by atoms with van der Waals surface area (Å²) in [4.78, 5) is 13.1. The van der Waals surface area contributed by atoms with E-state index in [4.69, 9.17) is 20.9 Å². The van der Waals surface area contributed by atoms with E-state index in [1.54, 1.807) is 0 Å². The number of ether oxygens (including phenoxy) is 2. The minimum atomic E-state index is -1.11. The quantitative estimate of drug-likeness (QED) is 0.242. The Morgan fingerprint density at radius 1 is 0.636 bits per heavy atom. The number of anilines is 2. The molecule has 33 heavy (non-hydrogen) atoms. The molecule has 4 N–H and O–H groups in total. The summed E-state index contributed by atoms with van der Waals surface area (Å²) in [6.45, 7) is 0. The van der Waals surface area contributed by atoms with E-state index in [-0.39, 0.29) is 5.97 Å². The SMILES string of the molecule is Nc1ccc2c3c(ccc2c1)C1(OC(=O)c2ccccc21)c1ccc2cc(N)ccc2c1O3. The van der Waals surface area contributed by atoms with Gasteiger partial charge in [-0.15, -0.1) is 0 Å². The molecule has 0 atom stereocenters. The first kappa shape index (κ1) is 18.1. The van der Waals surface area contributed by atoms with E-state index >= 15 is 0 Å². The average Bonchev–Trinajstić information content (AvgIpc) is 3.11. The maximum absolute atomic E-state index is 13.1. The predicted octanol–water partition coefficient (Wildman–Crippen LogP) is 5.73. The summed E-state index contributed by atoms with van der Waals surface area (Å²) in [7, 11) is 0. The van der Waals surface area contributed by atoms with Crippen LogP contribution in [0, 0.1) is 0 Å². The maximum Gasteiger partial charge on any atom is 0.340 e. The van der Waals surface area contributed by atoms with Gasteiger partial charge in [-0.2, -0.15) is 0 Å². The Kier molecular flexibility index (Phi) is 3.32. The van der Waals surface area contributed by atoms with Crippen molar-refractivity contribution in [1.82, 2.24) is 0 Å². The highest BCUT2D eigenvalue weighted by molar-refractivity contribution is 6.01. The zero-order valence-electron chi connectivity index (χ0n) is 17.5. The highest BCUT2D eigenvalue weighted by Gasteiger charge is 2.54. The van der Waals surface area contributed by atoms with Gasteiger partial charge in [-0.1, -0.05) is 30.3 Å². The van der Waals surface area contributed by atoms with Gasteiger partial charge in [0, 0.05) is 38.8 Å². The second-order valence-corrected chi connectivity index (χ2v) is 8.56. The van der Waals surface area contributed by atoms with E-state index in [2.05, 4.69) is 0 Å². The lowest BCUT2D eigenvalue weighted by molar-refractivity contribution is 0.0226. The van der Waals surface area contributed by atoms with Crippen LogP contribution in [0.3, 0.4) is 0 Å². The van der Waals surface area contributed by atoms with Crippen molar-refractivity contribution < 1.29 is 14.3 Å². The fourth-order valence-corrected chi connectivity index (χ4v) is 5.28. The van der Waals surface area contributed by atoms with Gasteiger partial charge in [-0.05, 0) is 65.4 Å². The molecular formula is C28H18N2O3. The zero-order valence-corrected chi connectivity index (χ0v) is 17.5. The van der Waals surface area contributed by atoms with Crippen molar-refractivity contribution in [2.75, 3.05) is 11.5 Å². The minimum Gasteiger partial charge on any atom is -0.455 e. The number of hydrogen-bond acceptors (Lipinski definition) is 5. The first-order valence-corrected chi connectivity index (χ1v) is 10.7. The van der Waals surface area contributed by atoms with Crippen LogP contribution in [0.1, 0.15) is 27.0 Å². The highest BCUT2D eigenvalue weighted by atomic mass is 16.6. The van der Waals surface area contributed by atoms with Crippen LogP contribution >= 0.6 is 0 Å². The summed E-state index contributed by atoms with van der Waals surface area (Å²) < 4.78 is 12.9. The first-order valence-electron chi connectivity index (χ1n) is 10.7. The molecule has 0 saturated carbocycles. The third-order valence-electron chi connectivity index (χ3n) is 6.72. The number of carbonyl (C=O) groups is 1. The molecule has 0 aromatic heterocycles. The van der Waals surface area contributed by atoms with Crippen LogP contribution in [0.5, 0.6) is 11.5 Å². The number of esters is 1. The van der Waals surface area contributed by atoms with Gasteiger partial charge >= 0.3 is 5.97 Å². The van der Waals surface area contributed by atoms with Crippen molar-refractivity contribution in [2.45, 2.75) is 5.60 Å². The van der Waals surface area contributed by atoms with Crippen molar-refractivity contribution in [3.05, 3.63) is 107 Å². The van der Waals surface area contributed by atoms with E-state index in [0.717, 1.165) is 38.2 Å². The van der Waals surface area contributed by atoms with Crippen LogP contribution in [0.15, 0.2) is 84.9 Å². The second-order valence-electron chi connectivity index (χ2n) is 8.56. The molecule has 5 aromatic carbocycles. The van der Waals surface area contributed by atoms with E-state index < -0.39 is 5.60 Å². The molecular weight excluding hydrogens is 412 g/mol. The normalized spacial score (nSPS) is 15.1. The Balaban J connectivity index is 1.66. The molecule has 0 radical (unpaired) electrons. The van der Waals surface area contributed by atoms with Crippen LogP contribution in [-0.2, 0) is 10.3 Å². The monoisotopic (exact) mass is 430 g/mol. The van der Waals surface area contributed by atoms with Crippen molar-refractivity contribution in [3.8, 4) is 11.5 Å². The summed E-state index contributed by atoms with van der Waals surface area (Å²) in [6.07, 6.45) is 0. The van der Waals surface area contributed by atoms with Gasteiger partial charge in [0.1, 0.15) is 11.5 Å². The number of rotatable bonds is 0. The van der Waals surface area contributed by atoms with Gasteiger partial charge in [-0.25, -0.2) is 4.79 Å². The number of nitrogen functional groups attached to an aromatic ring is 2. The predicted molar refractivity (Wildman–Crippen MR) is 129 cm³/mol. The summed E-state index contributed by atoms with van der Waals surface area (Å²) >= 11 is 0. The molecule has 1 spiro atoms. The second kappa shape index (κ2) is 6.04. The zero-order chi connectivity index (χ0) is 22.3. The van der Waals surface area contributed by atoms with Crippen LogP contribution in [0.4, 0.5) is 11.4 Å². The molecule has 2 aliphatic heterocycles. The highest BCUT2D eigenvalue weighted by Crippen LogP contribution is 2.58. The standard InChI is InChI=1S/C28H18N2O3/c29-17-7-9-19-15(13-17)5-11-23-25(19)32-26-20-10-8-18(30)14-16(20)6-12-24(26)28(23)22-4-2-1-3-21(22)27(31)33-28/h1-14H,29-30H2. The summed E-state index contributed by atoms with van der Waals surface area (Å²) in [5.41, 5.74) is 15.3. The van der Waals surface area contributed by atoms with Gasteiger partial charge in [-0.3, -0.25) is 0 Å². The third kappa shape index (κ3) is 2.23. The van der Waals surface area contributed by atoms with Crippen molar-refractivity contribution in [1.29, 1.82) is 0 Å². The Morgan fingerprint density at radius 3 is 1.82 bits per heavy atom. The number of carbonyl (C=O) groups excluding carboxylic acids is 1. The molecule has 0 aliphatic carbocycles. The lowest BCUT2D eigenvalue weighted by Gasteiger charge is -2.37. The molecule has 158 valence electrons. The summed E-state index contributed by atoms with van der Waals surface area (Å²) in [5.74, 6) is 0.974. The molecule has 7 rings (SSSR count). The number of fused-ring (bicyclic) bond motifs is 10. The smallest absolute Gasteiger partial charge is 0.340 e. The largest absolute Gasteiger partial charge is 0.455 e. The van der Waals surface area contributed by atoms with E-state index in [0.29, 0.717) is 28.4 Å². The molecule has 0 saturated heterocycles. The number of nitrogens with two attached hydrogens (primary N) is 2. The maximum atomic E-state index is 13.1. The summed E-state index contributed by atoms with van der Waals surface area (Å²) in [5, 5.41) is 3.71. The molecule has 0 amide bonds. The van der Waals surface area contributed by atoms with Crippen LogP contribution in [-0.4, -0.2) is 5.97 Å². The Morgan fingerprint density at radius 2 is 1.21 bits per heavy atom. The molecule has 0 fully saturated rings.